The fraction of sp³-hybridized carbons (Fsp3) is 0.476. The van der Waals surface area contributed by atoms with Crippen LogP contribution in [0.1, 0.15) is 30.4 Å². The van der Waals surface area contributed by atoms with Crippen LogP contribution in [-0.2, 0) is 20.9 Å². The van der Waals surface area contributed by atoms with Crippen molar-refractivity contribution in [2.75, 3.05) is 13.2 Å². The van der Waals surface area contributed by atoms with Crippen molar-refractivity contribution < 1.29 is 18.8 Å². The van der Waals surface area contributed by atoms with Crippen LogP contribution in [-0.4, -0.2) is 41.3 Å². The Labute approximate surface area is 174 Å². The Morgan fingerprint density at radius 2 is 2.20 bits per heavy atom. The van der Waals surface area contributed by atoms with E-state index in [9.17, 15) is 4.79 Å². The van der Waals surface area contributed by atoms with Gasteiger partial charge >= 0.3 is 0 Å². The number of hydrogen-bond donors (Lipinski definition) is 1. The second-order valence-corrected chi connectivity index (χ2v) is 7.64. The summed E-state index contributed by atoms with van der Waals surface area (Å²) in [6, 6.07) is 3.35. The molecule has 2 aliphatic rings. The highest BCUT2D eigenvalue weighted by molar-refractivity contribution is 5.82. The van der Waals surface area contributed by atoms with Crippen LogP contribution in [0.2, 0.25) is 0 Å². The maximum absolute atomic E-state index is 12.5. The summed E-state index contributed by atoms with van der Waals surface area (Å²) in [6.07, 6.45) is 4.40. The number of azo groups is 1. The van der Waals surface area contributed by atoms with Gasteiger partial charge in [0, 0.05) is 30.0 Å². The van der Waals surface area contributed by atoms with E-state index in [2.05, 4.69) is 25.7 Å². The summed E-state index contributed by atoms with van der Waals surface area (Å²) in [5.74, 6) is 0.776. The van der Waals surface area contributed by atoms with Gasteiger partial charge in [0.05, 0.1) is 18.2 Å². The van der Waals surface area contributed by atoms with Crippen molar-refractivity contribution >= 4 is 5.91 Å². The first-order valence-electron chi connectivity index (χ1n) is 10.0. The predicted octanol–water partition coefficient (Wildman–Crippen LogP) is 3.09. The SMILES string of the molecule is Cc1ccc(-c2noc(C)c2COC2=CC(C)C(C(=O)N[C@H]3CCOC3)N=N2)cn1. The van der Waals surface area contributed by atoms with Crippen LogP contribution < -0.4 is 5.32 Å². The minimum Gasteiger partial charge on any atom is -0.472 e. The van der Waals surface area contributed by atoms with E-state index in [1.165, 1.54) is 0 Å². The van der Waals surface area contributed by atoms with E-state index in [0.717, 1.165) is 23.2 Å². The van der Waals surface area contributed by atoms with E-state index in [-0.39, 0.29) is 24.5 Å². The van der Waals surface area contributed by atoms with Gasteiger partial charge in [-0.25, -0.2) is 0 Å². The summed E-state index contributed by atoms with van der Waals surface area (Å²) in [6.45, 7) is 7.14. The number of hydrogen-bond acceptors (Lipinski definition) is 8. The zero-order valence-corrected chi connectivity index (χ0v) is 17.3. The molecule has 2 aromatic heterocycles. The van der Waals surface area contributed by atoms with Crippen molar-refractivity contribution in [3.8, 4) is 11.3 Å². The lowest BCUT2D eigenvalue weighted by molar-refractivity contribution is -0.123. The molecule has 2 unspecified atom stereocenters. The first kappa shape index (κ1) is 20.2. The van der Waals surface area contributed by atoms with Gasteiger partial charge in [-0.05, 0) is 38.5 Å². The number of aromatic nitrogens is 2. The molecule has 0 spiro atoms. The molecule has 0 aliphatic carbocycles. The fourth-order valence-corrected chi connectivity index (χ4v) is 3.42. The van der Waals surface area contributed by atoms with Crippen LogP contribution in [0.3, 0.4) is 0 Å². The van der Waals surface area contributed by atoms with E-state index < -0.39 is 6.04 Å². The minimum absolute atomic E-state index is 0.0489. The summed E-state index contributed by atoms with van der Waals surface area (Å²) in [4.78, 5) is 16.8. The Morgan fingerprint density at radius 1 is 1.33 bits per heavy atom. The average Bonchev–Trinajstić information content (AvgIpc) is 3.36. The van der Waals surface area contributed by atoms with Crippen LogP contribution in [0.15, 0.2) is 45.0 Å². The molecule has 4 rings (SSSR count). The van der Waals surface area contributed by atoms with Gasteiger partial charge in [-0.2, -0.15) is 5.11 Å². The number of pyridine rings is 1. The molecule has 0 bridgehead atoms. The molecule has 0 radical (unpaired) electrons. The number of nitrogens with one attached hydrogen (secondary N) is 1. The lowest BCUT2D eigenvalue weighted by Gasteiger charge is -2.21. The molecule has 30 heavy (non-hydrogen) atoms. The highest BCUT2D eigenvalue weighted by Crippen LogP contribution is 2.28. The van der Waals surface area contributed by atoms with Crippen LogP contribution in [0.4, 0.5) is 0 Å². The molecule has 1 amide bonds. The summed E-state index contributed by atoms with van der Waals surface area (Å²) < 4.78 is 16.5. The fourth-order valence-electron chi connectivity index (χ4n) is 3.42. The number of aryl methyl sites for hydroxylation is 2. The van der Waals surface area contributed by atoms with Crippen LogP contribution >= 0.6 is 0 Å². The van der Waals surface area contributed by atoms with Crippen molar-refractivity contribution in [3.63, 3.8) is 0 Å². The number of carbonyl (C=O) groups excluding carboxylic acids is 1. The Balaban J connectivity index is 1.39. The highest BCUT2D eigenvalue weighted by atomic mass is 16.5. The largest absolute Gasteiger partial charge is 0.472 e. The molecular weight excluding hydrogens is 386 g/mol. The van der Waals surface area contributed by atoms with Crippen LogP contribution in [0.25, 0.3) is 11.3 Å². The summed E-state index contributed by atoms with van der Waals surface area (Å²) >= 11 is 0. The maximum atomic E-state index is 12.5. The quantitative estimate of drug-likeness (QED) is 0.782. The summed E-state index contributed by atoms with van der Waals surface area (Å²) in [5.41, 5.74) is 3.30. The van der Waals surface area contributed by atoms with Crippen molar-refractivity contribution in [1.82, 2.24) is 15.5 Å². The van der Waals surface area contributed by atoms with Gasteiger partial charge in [0.25, 0.3) is 0 Å². The number of carbonyl (C=O) groups is 1. The first-order chi connectivity index (χ1) is 14.5. The molecule has 3 atom stereocenters. The monoisotopic (exact) mass is 411 g/mol. The third-order valence-electron chi connectivity index (χ3n) is 5.26. The Bertz CT molecular complexity index is 960. The van der Waals surface area contributed by atoms with Gasteiger partial charge in [0.1, 0.15) is 18.1 Å². The Kier molecular flexibility index (Phi) is 5.89. The standard InChI is InChI=1S/C21H25N5O4/c1-12-8-18(24-25-19(12)21(27)23-16-6-7-28-10-16)29-11-17-14(3)30-26-20(17)15-5-4-13(2)22-9-15/h4-5,8-9,12,16,19H,6-7,10-11H2,1-3H3,(H,23,27)/t12?,16-,19?/m0/s1. The summed E-state index contributed by atoms with van der Waals surface area (Å²) in [7, 11) is 0. The molecular formula is C21H25N5O4. The molecule has 0 aromatic carbocycles. The molecule has 0 saturated carbocycles. The minimum atomic E-state index is -0.565. The van der Waals surface area contributed by atoms with E-state index in [1.807, 2.05) is 39.0 Å². The second-order valence-electron chi connectivity index (χ2n) is 7.64. The van der Waals surface area contributed by atoms with Crippen molar-refractivity contribution in [2.24, 2.45) is 16.1 Å². The van der Waals surface area contributed by atoms with E-state index >= 15 is 0 Å². The van der Waals surface area contributed by atoms with Crippen molar-refractivity contribution in [2.45, 2.75) is 45.9 Å². The molecule has 1 N–H and O–H groups in total. The lowest BCUT2D eigenvalue weighted by atomic mass is 10.0. The van der Waals surface area contributed by atoms with Crippen molar-refractivity contribution in [1.29, 1.82) is 0 Å². The van der Waals surface area contributed by atoms with E-state index in [0.29, 0.717) is 30.6 Å². The Morgan fingerprint density at radius 3 is 2.90 bits per heavy atom. The number of nitrogens with zero attached hydrogens (tertiary/aromatic N) is 4. The van der Waals surface area contributed by atoms with Gasteiger partial charge in [-0.3, -0.25) is 9.78 Å². The third kappa shape index (κ3) is 4.40. The van der Waals surface area contributed by atoms with E-state index in [4.69, 9.17) is 14.0 Å². The molecule has 2 aromatic rings. The van der Waals surface area contributed by atoms with Crippen molar-refractivity contribution in [3.05, 3.63) is 47.3 Å². The van der Waals surface area contributed by atoms with Gasteiger partial charge in [0.15, 0.2) is 6.04 Å². The normalized spacial score (nSPS) is 23.3. The molecule has 9 heteroatoms. The topological polar surface area (TPSA) is 111 Å². The third-order valence-corrected chi connectivity index (χ3v) is 5.26. The first-order valence-corrected chi connectivity index (χ1v) is 10.0. The average molecular weight is 411 g/mol. The van der Waals surface area contributed by atoms with Gasteiger partial charge in [-0.1, -0.05) is 12.1 Å². The maximum Gasteiger partial charge on any atom is 0.247 e. The van der Waals surface area contributed by atoms with Gasteiger partial charge in [0.2, 0.25) is 11.8 Å². The van der Waals surface area contributed by atoms with Crippen LogP contribution in [0, 0.1) is 19.8 Å². The van der Waals surface area contributed by atoms with Crippen LogP contribution in [0.5, 0.6) is 0 Å². The zero-order valence-electron chi connectivity index (χ0n) is 17.3. The highest BCUT2D eigenvalue weighted by Gasteiger charge is 2.30. The molecule has 9 nitrogen and oxygen atoms in total. The molecule has 4 heterocycles. The lowest BCUT2D eigenvalue weighted by Crippen LogP contribution is -2.43. The van der Waals surface area contributed by atoms with E-state index in [1.54, 1.807) is 6.20 Å². The smallest absolute Gasteiger partial charge is 0.247 e. The number of ether oxygens (including phenoxy) is 2. The molecule has 158 valence electrons. The number of rotatable bonds is 6. The number of amides is 1. The van der Waals surface area contributed by atoms with Gasteiger partial charge < -0.3 is 19.3 Å². The zero-order chi connectivity index (χ0) is 21.1. The molecule has 1 fully saturated rings. The second kappa shape index (κ2) is 8.74. The molecule has 1 saturated heterocycles. The molecule has 2 aliphatic heterocycles. The van der Waals surface area contributed by atoms with Gasteiger partial charge in [-0.15, -0.1) is 5.11 Å². The predicted molar refractivity (Wildman–Crippen MR) is 107 cm³/mol. The Hall–Kier alpha value is -3.07. The summed E-state index contributed by atoms with van der Waals surface area (Å²) in [5, 5.41) is 15.4.